The van der Waals surface area contributed by atoms with Gasteiger partial charge in [0.15, 0.2) is 0 Å². The van der Waals surface area contributed by atoms with E-state index in [1.807, 2.05) is 6.20 Å². The van der Waals surface area contributed by atoms with Crippen molar-refractivity contribution in [3.63, 3.8) is 0 Å². The Morgan fingerprint density at radius 1 is 1.41 bits per heavy atom. The van der Waals surface area contributed by atoms with Crippen LogP contribution in [0.4, 0.5) is 13.2 Å². The minimum absolute atomic E-state index is 0.605. The summed E-state index contributed by atoms with van der Waals surface area (Å²) in [5, 5.41) is 10.3. The summed E-state index contributed by atoms with van der Waals surface area (Å²) >= 11 is 0. The number of aromatic nitrogens is 2. The molecule has 1 saturated heterocycles. The minimum Gasteiger partial charge on any atom is -0.475 e. The lowest BCUT2D eigenvalue weighted by Gasteiger charge is -2.25. The van der Waals surface area contributed by atoms with Gasteiger partial charge in [-0.1, -0.05) is 0 Å². The highest BCUT2D eigenvalue weighted by molar-refractivity contribution is 5.73. The third-order valence-corrected chi connectivity index (χ3v) is 2.03. The van der Waals surface area contributed by atoms with Crippen LogP contribution in [0.15, 0.2) is 18.6 Å². The van der Waals surface area contributed by atoms with Crippen LogP contribution < -0.4 is 5.32 Å². The van der Waals surface area contributed by atoms with E-state index in [2.05, 4.69) is 15.3 Å². The molecule has 1 aromatic rings. The average molecular weight is 249 g/mol. The average Bonchev–Trinajstić information content (AvgIpc) is 2.16. The molecule has 0 spiro atoms. The van der Waals surface area contributed by atoms with Gasteiger partial charge in [-0.2, -0.15) is 13.2 Å². The van der Waals surface area contributed by atoms with Crippen molar-refractivity contribution in [3.05, 3.63) is 24.3 Å². The number of nitrogens with zero attached hydrogens (tertiary/aromatic N) is 2. The smallest absolute Gasteiger partial charge is 0.475 e. The number of nitrogens with one attached hydrogen (secondary N) is 1. The molecule has 0 amide bonds. The standard InChI is InChI=1S/C7H9N3.C2HF3O2/c1-2-10-7(5-8-1)6-3-9-4-6;3-2(4,5)1(6)7/h1-2,5-6,9H,3-4H2;(H,6,7). The molecule has 2 heterocycles. The third-order valence-electron chi connectivity index (χ3n) is 2.03. The molecule has 8 heteroatoms. The molecule has 0 unspecified atom stereocenters. The molecule has 0 aliphatic carbocycles. The molecule has 17 heavy (non-hydrogen) atoms. The predicted octanol–water partition coefficient (Wildman–Crippen LogP) is 0.797. The second-order valence-electron chi connectivity index (χ2n) is 3.29. The number of aliphatic carboxylic acids is 1. The van der Waals surface area contributed by atoms with Gasteiger partial charge >= 0.3 is 12.1 Å². The van der Waals surface area contributed by atoms with Crippen molar-refractivity contribution in [1.29, 1.82) is 0 Å². The van der Waals surface area contributed by atoms with Crippen LogP contribution in [0, 0.1) is 0 Å². The fourth-order valence-corrected chi connectivity index (χ4v) is 1.02. The Morgan fingerprint density at radius 3 is 2.29 bits per heavy atom. The van der Waals surface area contributed by atoms with E-state index in [0.717, 1.165) is 18.8 Å². The van der Waals surface area contributed by atoms with Crippen molar-refractivity contribution in [2.75, 3.05) is 13.1 Å². The van der Waals surface area contributed by atoms with Crippen molar-refractivity contribution >= 4 is 5.97 Å². The summed E-state index contributed by atoms with van der Waals surface area (Å²) < 4.78 is 31.7. The van der Waals surface area contributed by atoms with Gasteiger partial charge in [-0.3, -0.25) is 9.97 Å². The van der Waals surface area contributed by atoms with Crippen molar-refractivity contribution in [1.82, 2.24) is 15.3 Å². The highest BCUT2D eigenvalue weighted by atomic mass is 19.4. The van der Waals surface area contributed by atoms with Gasteiger partial charge in [-0.15, -0.1) is 0 Å². The molecule has 5 nitrogen and oxygen atoms in total. The first kappa shape index (κ1) is 13.4. The highest BCUT2D eigenvalue weighted by Crippen LogP contribution is 2.15. The fraction of sp³-hybridized carbons (Fsp3) is 0.444. The summed E-state index contributed by atoms with van der Waals surface area (Å²) in [5.41, 5.74) is 1.11. The molecule has 0 bridgehead atoms. The number of carboxylic acid groups (broad SMARTS) is 1. The van der Waals surface area contributed by atoms with E-state index in [1.165, 1.54) is 0 Å². The number of carboxylic acids is 1. The lowest BCUT2D eigenvalue weighted by molar-refractivity contribution is -0.192. The number of rotatable bonds is 1. The Hall–Kier alpha value is -1.70. The second kappa shape index (κ2) is 5.58. The van der Waals surface area contributed by atoms with E-state index in [9.17, 15) is 13.2 Å². The molecule has 94 valence electrons. The normalized spacial score (nSPS) is 15.5. The zero-order chi connectivity index (χ0) is 12.9. The summed E-state index contributed by atoms with van der Waals surface area (Å²) in [6, 6.07) is 0. The molecule has 0 saturated carbocycles. The summed E-state index contributed by atoms with van der Waals surface area (Å²) in [6.45, 7) is 2.11. The highest BCUT2D eigenvalue weighted by Gasteiger charge is 2.38. The van der Waals surface area contributed by atoms with Gasteiger partial charge in [0.25, 0.3) is 0 Å². The van der Waals surface area contributed by atoms with E-state index in [1.54, 1.807) is 12.4 Å². The molecular weight excluding hydrogens is 239 g/mol. The quantitative estimate of drug-likeness (QED) is 0.769. The number of hydrogen-bond acceptors (Lipinski definition) is 4. The Labute approximate surface area is 94.7 Å². The van der Waals surface area contributed by atoms with Crippen molar-refractivity contribution in [3.8, 4) is 0 Å². The molecule has 2 rings (SSSR count). The van der Waals surface area contributed by atoms with Gasteiger partial charge in [0.1, 0.15) is 0 Å². The Balaban J connectivity index is 0.000000185. The van der Waals surface area contributed by atoms with Crippen molar-refractivity contribution < 1.29 is 23.1 Å². The first-order valence-electron chi connectivity index (χ1n) is 4.68. The maximum Gasteiger partial charge on any atom is 0.490 e. The van der Waals surface area contributed by atoms with Gasteiger partial charge in [0.05, 0.1) is 5.69 Å². The Morgan fingerprint density at radius 2 is 2.00 bits per heavy atom. The number of carbonyl (C=O) groups is 1. The van der Waals surface area contributed by atoms with E-state index in [4.69, 9.17) is 9.90 Å². The molecule has 0 atom stereocenters. The molecule has 2 N–H and O–H groups in total. The van der Waals surface area contributed by atoms with Gasteiger partial charge in [-0.05, 0) is 0 Å². The van der Waals surface area contributed by atoms with Crippen LogP contribution in [0.2, 0.25) is 0 Å². The number of halogens is 3. The molecule has 0 aromatic carbocycles. The molecular formula is C9H10F3N3O2. The Kier molecular flexibility index (Phi) is 4.38. The summed E-state index contributed by atoms with van der Waals surface area (Å²) in [6.07, 6.45) is 0.203. The zero-order valence-electron chi connectivity index (χ0n) is 8.61. The van der Waals surface area contributed by atoms with E-state index in [0.29, 0.717) is 5.92 Å². The van der Waals surface area contributed by atoms with Gasteiger partial charge in [0.2, 0.25) is 0 Å². The third kappa shape index (κ3) is 4.35. The van der Waals surface area contributed by atoms with Gasteiger partial charge < -0.3 is 10.4 Å². The van der Waals surface area contributed by atoms with Crippen LogP contribution >= 0.6 is 0 Å². The summed E-state index contributed by atoms with van der Waals surface area (Å²) in [5.74, 6) is -2.15. The van der Waals surface area contributed by atoms with E-state index in [-0.39, 0.29) is 0 Å². The van der Waals surface area contributed by atoms with E-state index >= 15 is 0 Å². The van der Waals surface area contributed by atoms with Crippen LogP contribution in [0.1, 0.15) is 11.6 Å². The maximum atomic E-state index is 10.6. The maximum absolute atomic E-state index is 10.6. The monoisotopic (exact) mass is 249 g/mol. The van der Waals surface area contributed by atoms with Crippen molar-refractivity contribution in [2.24, 2.45) is 0 Å². The van der Waals surface area contributed by atoms with Crippen LogP contribution in [-0.2, 0) is 4.79 Å². The van der Waals surface area contributed by atoms with Gasteiger partial charge in [0, 0.05) is 37.6 Å². The van der Waals surface area contributed by atoms with Crippen LogP contribution in [0.5, 0.6) is 0 Å². The first-order valence-corrected chi connectivity index (χ1v) is 4.68. The molecule has 1 aliphatic rings. The lowest BCUT2D eigenvalue weighted by Crippen LogP contribution is -2.40. The SMILES string of the molecule is O=C(O)C(F)(F)F.c1cnc(C2CNC2)cn1. The van der Waals surface area contributed by atoms with Gasteiger partial charge in [-0.25, -0.2) is 4.79 Å². The van der Waals surface area contributed by atoms with Crippen LogP contribution in [0.25, 0.3) is 0 Å². The molecule has 1 fully saturated rings. The lowest BCUT2D eigenvalue weighted by atomic mass is 10.0. The fourth-order valence-electron chi connectivity index (χ4n) is 1.02. The Bertz CT molecular complexity index is 365. The topological polar surface area (TPSA) is 75.1 Å². The van der Waals surface area contributed by atoms with Crippen LogP contribution in [0.3, 0.4) is 0 Å². The van der Waals surface area contributed by atoms with Crippen molar-refractivity contribution in [2.45, 2.75) is 12.1 Å². The molecule has 1 aliphatic heterocycles. The summed E-state index contributed by atoms with van der Waals surface area (Å²) in [4.78, 5) is 17.1. The second-order valence-corrected chi connectivity index (χ2v) is 3.29. The number of hydrogen-bond donors (Lipinski definition) is 2. The zero-order valence-corrected chi connectivity index (χ0v) is 8.61. The molecule has 1 aromatic heterocycles. The largest absolute Gasteiger partial charge is 0.490 e. The molecule has 0 radical (unpaired) electrons. The van der Waals surface area contributed by atoms with E-state index < -0.39 is 12.1 Å². The predicted molar refractivity (Wildman–Crippen MR) is 51.3 cm³/mol. The number of alkyl halides is 3. The first-order chi connectivity index (χ1) is 7.91. The minimum atomic E-state index is -5.08. The summed E-state index contributed by atoms with van der Waals surface area (Å²) in [7, 11) is 0. The van der Waals surface area contributed by atoms with Crippen LogP contribution in [-0.4, -0.2) is 40.3 Å².